The molecule has 0 radical (unpaired) electrons. The molecule has 0 bridgehead atoms. The molecular weight excluding hydrogens is 412 g/mol. The number of aromatic amines is 1. The molecular formula is C20H15ClN4O3S. The van der Waals surface area contributed by atoms with E-state index in [1.165, 1.54) is 18.2 Å². The second kappa shape index (κ2) is 7.31. The number of halogens is 1. The largest absolute Gasteiger partial charge is 0.337 e. The first kappa shape index (κ1) is 19.1. The second-order valence-electron chi connectivity index (χ2n) is 6.42. The average molecular weight is 427 g/mol. The van der Waals surface area contributed by atoms with E-state index in [9.17, 15) is 13.2 Å². The fraction of sp³-hybridized carbons (Fsp3) is 0.0500. The number of nitrogens with one attached hydrogen (secondary N) is 2. The van der Waals surface area contributed by atoms with Crippen molar-refractivity contribution in [2.24, 2.45) is 0 Å². The second-order valence-corrected chi connectivity index (χ2v) is 8.85. The number of hydrogen-bond acceptors (Lipinski definition) is 5. The Hall–Kier alpha value is -3.23. The summed E-state index contributed by atoms with van der Waals surface area (Å²) < 4.78 is 23.2. The van der Waals surface area contributed by atoms with E-state index < -0.39 is 15.7 Å². The number of amides is 1. The maximum absolute atomic E-state index is 12.5. The first-order valence-corrected chi connectivity index (χ1v) is 10.8. The Morgan fingerprint density at radius 2 is 1.86 bits per heavy atom. The van der Waals surface area contributed by atoms with E-state index in [2.05, 4.69) is 20.3 Å². The van der Waals surface area contributed by atoms with Gasteiger partial charge in [0.2, 0.25) is 0 Å². The van der Waals surface area contributed by atoms with E-state index in [4.69, 9.17) is 11.6 Å². The molecule has 0 saturated carbocycles. The predicted molar refractivity (Wildman–Crippen MR) is 112 cm³/mol. The van der Waals surface area contributed by atoms with E-state index in [1.54, 1.807) is 24.5 Å². The summed E-state index contributed by atoms with van der Waals surface area (Å²) >= 11 is 6.10. The fourth-order valence-corrected chi connectivity index (χ4v) is 3.79. The third kappa shape index (κ3) is 3.98. The molecule has 4 aromatic rings. The van der Waals surface area contributed by atoms with E-state index >= 15 is 0 Å². The first-order valence-electron chi connectivity index (χ1n) is 8.52. The summed E-state index contributed by atoms with van der Waals surface area (Å²) in [6.45, 7) is 0. The number of fused-ring (bicyclic) bond motifs is 1. The molecule has 146 valence electrons. The zero-order valence-electron chi connectivity index (χ0n) is 15.2. The van der Waals surface area contributed by atoms with E-state index in [-0.39, 0.29) is 15.5 Å². The summed E-state index contributed by atoms with van der Waals surface area (Å²) in [5, 5.41) is 2.82. The number of benzene rings is 2. The lowest BCUT2D eigenvalue weighted by Crippen LogP contribution is -2.13. The minimum absolute atomic E-state index is 0.0597. The molecule has 2 aromatic heterocycles. The highest BCUT2D eigenvalue weighted by Gasteiger charge is 2.15. The molecule has 2 heterocycles. The zero-order valence-corrected chi connectivity index (χ0v) is 16.8. The van der Waals surface area contributed by atoms with Gasteiger partial charge in [0.1, 0.15) is 5.82 Å². The molecule has 0 saturated heterocycles. The molecule has 1 amide bonds. The number of rotatable bonds is 4. The fourth-order valence-electron chi connectivity index (χ4n) is 2.81. The van der Waals surface area contributed by atoms with Crippen LogP contribution in [0.5, 0.6) is 0 Å². The Balaban J connectivity index is 1.53. The number of imidazole rings is 1. The highest BCUT2D eigenvalue weighted by molar-refractivity contribution is 7.90. The summed E-state index contributed by atoms with van der Waals surface area (Å²) in [4.78, 5) is 24.3. The van der Waals surface area contributed by atoms with Crippen molar-refractivity contribution in [1.82, 2.24) is 15.0 Å². The number of nitrogens with zero attached hydrogens (tertiary/aromatic N) is 2. The van der Waals surface area contributed by atoms with E-state index in [0.29, 0.717) is 11.5 Å². The SMILES string of the molecule is CS(=O)(=O)c1ccc(C(=O)Nc2ccc(-c3nc4ccncc4[nH]3)cc2)c(Cl)c1. The van der Waals surface area contributed by atoms with Gasteiger partial charge in [-0.15, -0.1) is 0 Å². The molecule has 0 fully saturated rings. The van der Waals surface area contributed by atoms with Gasteiger partial charge >= 0.3 is 0 Å². The van der Waals surface area contributed by atoms with Gasteiger partial charge in [0.05, 0.1) is 32.7 Å². The van der Waals surface area contributed by atoms with Crippen molar-refractivity contribution in [3.63, 3.8) is 0 Å². The van der Waals surface area contributed by atoms with Crippen LogP contribution in [0, 0.1) is 0 Å². The van der Waals surface area contributed by atoms with Gasteiger partial charge in [-0.25, -0.2) is 13.4 Å². The lowest BCUT2D eigenvalue weighted by molar-refractivity contribution is 0.102. The van der Waals surface area contributed by atoms with Gasteiger partial charge in [0.25, 0.3) is 5.91 Å². The minimum atomic E-state index is -3.40. The molecule has 9 heteroatoms. The van der Waals surface area contributed by atoms with Gasteiger partial charge < -0.3 is 10.3 Å². The summed E-state index contributed by atoms with van der Waals surface area (Å²) in [6, 6.07) is 13.0. The van der Waals surface area contributed by atoms with Crippen molar-refractivity contribution in [2.45, 2.75) is 4.90 Å². The van der Waals surface area contributed by atoms with Crippen molar-refractivity contribution in [2.75, 3.05) is 11.6 Å². The van der Waals surface area contributed by atoms with Crippen molar-refractivity contribution in [1.29, 1.82) is 0 Å². The summed E-state index contributed by atoms with van der Waals surface area (Å²) in [5.74, 6) is 0.267. The Kier molecular flexibility index (Phi) is 4.81. The lowest BCUT2D eigenvalue weighted by atomic mass is 10.1. The molecule has 7 nitrogen and oxygen atoms in total. The maximum Gasteiger partial charge on any atom is 0.257 e. The number of aromatic nitrogens is 3. The molecule has 0 aliphatic rings. The van der Waals surface area contributed by atoms with Crippen LogP contribution in [0.2, 0.25) is 5.02 Å². The summed E-state index contributed by atoms with van der Waals surface area (Å²) in [7, 11) is -3.40. The summed E-state index contributed by atoms with van der Waals surface area (Å²) in [5.41, 5.74) is 3.27. The third-order valence-electron chi connectivity index (χ3n) is 4.31. The Bertz CT molecular complexity index is 1300. The zero-order chi connectivity index (χ0) is 20.6. The van der Waals surface area contributed by atoms with Gasteiger partial charge in [0.15, 0.2) is 9.84 Å². The van der Waals surface area contributed by atoms with Crippen LogP contribution in [0.1, 0.15) is 10.4 Å². The number of pyridine rings is 1. The molecule has 2 aromatic carbocycles. The van der Waals surface area contributed by atoms with Crippen LogP contribution in [0.15, 0.2) is 65.8 Å². The first-order chi connectivity index (χ1) is 13.8. The van der Waals surface area contributed by atoms with Crippen LogP contribution in [-0.4, -0.2) is 35.5 Å². The smallest absolute Gasteiger partial charge is 0.257 e. The van der Waals surface area contributed by atoms with Gasteiger partial charge in [-0.1, -0.05) is 11.6 Å². The van der Waals surface area contributed by atoms with Crippen molar-refractivity contribution in [3.8, 4) is 11.4 Å². The van der Waals surface area contributed by atoms with Gasteiger partial charge in [-0.3, -0.25) is 9.78 Å². The Morgan fingerprint density at radius 3 is 2.52 bits per heavy atom. The van der Waals surface area contributed by atoms with E-state index in [0.717, 1.165) is 22.9 Å². The van der Waals surface area contributed by atoms with Crippen molar-refractivity contribution in [3.05, 3.63) is 71.5 Å². The highest BCUT2D eigenvalue weighted by Crippen LogP contribution is 2.24. The van der Waals surface area contributed by atoms with E-state index in [1.807, 2.05) is 18.2 Å². The van der Waals surface area contributed by atoms with Crippen LogP contribution in [0.25, 0.3) is 22.4 Å². The van der Waals surface area contributed by atoms with Crippen molar-refractivity contribution >= 4 is 44.1 Å². The number of carbonyl (C=O) groups excluding carboxylic acids is 1. The predicted octanol–water partition coefficient (Wildman–Crippen LogP) is 3.93. The normalized spacial score (nSPS) is 11.5. The van der Waals surface area contributed by atoms with Crippen LogP contribution >= 0.6 is 11.6 Å². The van der Waals surface area contributed by atoms with Crippen LogP contribution in [0.4, 0.5) is 5.69 Å². The number of carbonyl (C=O) groups is 1. The molecule has 0 unspecified atom stereocenters. The van der Waals surface area contributed by atoms with Crippen molar-refractivity contribution < 1.29 is 13.2 Å². The monoisotopic (exact) mass is 426 g/mol. The standard InChI is InChI=1S/C20H15ClN4O3S/c1-29(27,28)14-6-7-15(16(21)10-14)20(26)23-13-4-2-12(3-5-13)19-24-17-8-9-22-11-18(17)25-19/h2-11H,1H3,(H,23,26)(H,24,25). The highest BCUT2D eigenvalue weighted by atomic mass is 35.5. The quantitative estimate of drug-likeness (QED) is 0.514. The Morgan fingerprint density at radius 1 is 1.10 bits per heavy atom. The summed E-state index contributed by atoms with van der Waals surface area (Å²) in [6.07, 6.45) is 4.47. The van der Waals surface area contributed by atoms with Gasteiger partial charge in [-0.05, 0) is 48.5 Å². The molecule has 0 spiro atoms. The molecule has 4 rings (SSSR count). The minimum Gasteiger partial charge on any atom is -0.337 e. The lowest BCUT2D eigenvalue weighted by Gasteiger charge is -2.08. The topological polar surface area (TPSA) is 105 Å². The number of hydrogen-bond donors (Lipinski definition) is 2. The molecule has 2 N–H and O–H groups in total. The molecule has 29 heavy (non-hydrogen) atoms. The Labute approximate surface area is 171 Å². The van der Waals surface area contributed by atoms with Gasteiger partial charge in [0, 0.05) is 23.7 Å². The number of sulfone groups is 1. The number of anilines is 1. The van der Waals surface area contributed by atoms with Gasteiger partial charge in [-0.2, -0.15) is 0 Å². The maximum atomic E-state index is 12.5. The molecule has 0 atom stereocenters. The van der Waals surface area contributed by atoms with Crippen LogP contribution < -0.4 is 5.32 Å². The third-order valence-corrected chi connectivity index (χ3v) is 5.74. The van der Waals surface area contributed by atoms with Crippen LogP contribution in [-0.2, 0) is 9.84 Å². The van der Waals surface area contributed by atoms with Crippen LogP contribution in [0.3, 0.4) is 0 Å². The molecule has 0 aliphatic heterocycles. The average Bonchev–Trinajstić information content (AvgIpc) is 3.12. The molecule has 0 aliphatic carbocycles. The number of H-pyrrole nitrogens is 1.